The monoisotopic (exact) mass is 268 g/mol. The zero-order chi connectivity index (χ0) is 13.1. The van der Waals surface area contributed by atoms with Gasteiger partial charge in [-0.05, 0) is 33.1 Å². The fourth-order valence-electron chi connectivity index (χ4n) is 2.56. The van der Waals surface area contributed by atoms with Gasteiger partial charge in [-0.15, -0.1) is 0 Å². The summed E-state index contributed by atoms with van der Waals surface area (Å²) in [4.78, 5) is 8.36. The molecule has 1 aliphatic rings. The summed E-state index contributed by atoms with van der Waals surface area (Å²) in [6, 6.07) is 1.04. The van der Waals surface area contributed by atoms with Crippen molar-refractivity contribution in [2.75, 3.05) is 5.43 Å². The van der Waals surface area contributed by atoms with E-state index in [4.69, 9.17) is 11.6 Å². The molecule has 0 spiro atoms. The molecule has 0 bridgehead atoms. The highest BCUT2D eigenvalue weighted by molar-refractivity contribution is 6.30. The molecule has 1 fully saturated rings. The number of hydrogen-bond acceptors (Lipinski definition) is 4. The van der Waals surface area contributed by atoms with Gasteiger partial charge in [0.15, 0.2) is 0 Å². The molecule has 1 saturated heterocycles. The molecule has 0 amide bonds. The van der Waals surface area contributed by atoms with E-state index in [-0.39, 0.29) is 0 Å². The number of anilines is 1. The van der Waals surface area contributed by atoms with Gasteiger partial charge in [-0.3, -0.25) is 0 Å². The topological polar surface area (TPSA) is 41.1 Å². The fraction of sp³-hybridized carbons (Fsp3) is 0.692. The van der Waals surface area contributed by atoms with Crippen molar-refractivity contribution < 1.29 is 0 Å². The second kappa shape index (κ2) is 5.85. The summed E-state index contributed by atoms with van der Waals surface area (Å²) in [5.41, 5.74) is 4.43. The van der Waals surface area contributed by atoms with Crippen LogP contribution in [-0.2, 0) is 6.42 Å². The van der Waals surface area contributed by atoms with E-state index in [2.05, 4.69) is 41.2 Å². The van der Waals surface area contributed by atoms with Crippen LogP contribution in [0.4, 0.5) is 5.82 Å². The minimum atomic E-state index is 0.521. The Morgan fingerprint density at radius 1 is 1.33 bits per heavy atom. The normalized spacial score (nSPS) is 25.1. The molecule has 5 heteroatoms. The molecule has 0 aromatic carbocycles. The lowest BCUT2D eigenvalue weighted by molar-refractivity contribution is 0.135. The highest BCUT2D eigenvalue weighted by Crippen LogP contribution is 2.26. The third-order valence-corrected chi connectivity index (χ3v) is 4.00. The number of rotatable bonds is 3. The van der Waals surface area contributed by atoms with Gasteiger partial charge in [0.05, 0.1) is 0 Å². The summed E-state index contributed by atoms with van der Waals surface area (Å²) in [7, 11) is 0. The molecule has 1 aromatic heterocycles. The van der Waals surface area contributed by atoms with Crippen molar-refractivity contribution in [2.24, 2.45) is 0 Å². The molecule has 2 atom stereocenters. The van der Waals surface area contributed by atoms with Crippen LogP contribution < -0.4 is 5.43 Å². The summed E-state index contributed by atoms with van der Waals surface area (Å²) >= 11 is 6.11. The van der Waals surface area contributed by atoms with Gasteiger partial charge in [0, 0.05) is 17.6 Å². The van der Waals surface area contributed by atoms with E-state index in [0.29, 0.717) is 17.2 Å². The molecule has 4 nitrogen and oxygen atoms in total. The Morgan fingerprint density at radius 3 is 2.61 bits per heavy atom. The van der Waals surface area contributed by atoms with Crippen LogP contribution >= 0.6 is 11.6 Å². The molecule has 1 aliphatic heterocycles. The van der Waals surface area contributed by atoms with Crippen molar-refractivity contribution in [3.63, 3.8) is 0 Å². The molecule has 2 heterocycles. The quantitative estimate of drug-likeness (QED) is 0.854. The van der Waals surface area contributed by atoms with Crippen LogP contribution in [0, 0.1) is 0 Å². The van der Waals surface area contributed by atoms with Gasteiger partial charge in [-0.2, -0.15) is 0 Å². The first-order valence-corrected chi connectivity index (χ1v) is 7.05. The number of hydrazine groups is 1. The Balaban J connectivity index is 2.20. The van der Waals surface area contributed by atoms with Gasteiger partial charge >= 0.3 is 0 Å². The van der Waals surface area contributed by atoms with E-state index < -0.39 is 0 Å². The van der Waals surface area contributed by atoms with Gasteiger partial charge in [-0.1, -0.05) is 24.9 Å². The number of nitrogens with zero attached hydrogens (tertiary/aromatic N) is 3. The van der Waals surface area contributed by atoms with Crippen molar-refractivity contribution in [1.82, 2.24) is 15.0 Å². The van der Waals surface area contributed by atoms with Crippen molar-refractivity contribution in [3.8, 4) is 0 Å². The second-order valence-electron chi connectivity index (χ2n) is 4.99. The highest BCUT2D eigenvalue weighted by atomic mass is 35.5. The fourth-order valence-corrected chi connectivity index (χ4v) is 2.83. The molecule has 0 radical (unpaired) electrons. The molecule has 0 aliphatic carbocycles. The summed E-state index contributed by atoms with van der Waals surface area (Å²) in [6.07, 6.45) is 6.09. The van der Waals surface area contributed by atoms with Crippen molar-refractivity contribution in [3.05, 3.63) is 17.0 Å². The molecular formula is C13H21ClN4. The number of aromatic nitrogens is 2. The van der Waals surface area contributed by atoms with Gasteiger partial charge in [0.2, 0.25) is 0 Å². The van der Waals surface area contributed by atoms with E-state index >= 15 is 0 Å². The first-order valence-electron chi connectivity index (χ1n) is 6.67. The third kappa shape index (κ3) is 2.75. The molecule has 100 valence electrons. The summed E-state index contributed by atoms with van der Waals surface area (Å²) < 4.78 is 0. The summed E-state index contributed by atoms with van der Waals surface area (Å²) in [5.74, 6) is 0.845. The summed E-state index contributed by atoms with van der Waals surface area (Å²) in [6.45, 7) is 6.56. The van der Waals surface area contributed by atoms with Crippen LogP contribution in [0.3, 0.4) is 0 Å². The zero-order valence-corrected chi connectivity index (χ0v) is 12.0. The zero-order valence-electron chi connectivity index (χ0n) is 11.3. The van der Waals surface area contributed by atoms with Crippen molar-refractivity contribution in [1.29, 1.82) is 0 Å². The Hall–Kier alpha value is -0.870. The molecule has 0 saturated carbocycles. The van der Waals surface area contributed by atoms with Crippen LogP contribution in [-0.4, -0.2) is 27.1 Å². The van der Waals surface area contributed by atoms with Crippen LogP contribution in [0.25, 0.3) is 0 Å². The van der Waals surface area contributed by atoms with Crippen molar-refractivity contribution in [2.45, 2.75) is 58.5 Å². The minimum Gasteiger partial charge on any atom is -0.302 e. The first-order chi connectivity index (χ1) is 8.63. The number of piperidine rings is 1. The SMILES string of the molecule is CCc1c(Cl)ncnc1NN1C(C)CCCC1C. The molecule has 1 aromatic rings. The van der Waals surface area contributed by atoms with Crippen molar-refractivity contribution >= 4 is 17.4 Å². The summed E-state index contributed by atoms with van der Waals surface area (Å²) in [5, 5.41) is 2.84. The number of nitrogens with one attached hydrogen (secondary N) is 1. The van der Waals surface area contributed by atoms with Gasteiger partial charge in [0.1, 0.15) is 17.3 Å². The molecule has 18 heavy (non-hydrogen) atoms. The molecule has 1 N–H and O–H groups in total. The average molecular weight is 269 g/mol. The maximum atomic E-state index is 6.11. The molecule has 2 unspecified atom stereocenters. The lowest BCUT2D eigenvalue weighted by Gasteiger charge is -2.39. The molecular weight excluding hydrogens is 248 g/mol. The number of hydrogen-bond donors (Lipinski definition) is 1. The highest BCUT2D eigenvalue weighted by Gasteiger charge is 2.25. The molecule has 2 rings (SSSR count). The predicted molar refractivity (Wildman–Crippen MR) is 74.7 cm³/mol. The van der Waals surface area contributed by atoms with E-state index in [1.807, 2.05) is 0 Å². The lowest BCUT2D eigenvalue weighted by atomic mass is 10.00. The Kier molecular flexibility index (Phi) is 4.40. The second-order valence-corrected chi connectivity index (χ2v) is 5.35. The van der Waals surface area contributed by atoms with E-state index in [0.717, 1.165) is 17.8 Å². The largest absolute Gasteiger partial charge is 0.302 e. The number of halogens is 1. The van der Waals surface area contributed by atoms with E-state index in [9.17, 15) is 0 Å². The van der Waals surface area contributed by atoms with Crippen LogP contribution in [0.5, 0.6) is 0 Å². The Labute approximate surface area is 114 Å². The first kappa shape index (κ1) is 13.6. The third-order valence-electron chi connectivity index (χ3n) is 3.67. The van der Waals surface area contributed by atoms with Gasteiger partial charge in [-0.25, -0.2) is 15.0 Å². The lowest BCUT2D eigenvalue weighted by Crippen LogP contribution is -2.47. The maximum Gasteiger partial charge on any atom is 0.148 e. The van der Waals surface area contributed by atoms with Gasteiger partial charge in [0.25, 0.3) is 0 Å². The predicted octanol–water partition coefficient (Wildman–Crippen LogP) is 3.28. The smallest absolute Gasteiger partial charge is 0.148 e. The Bertz CT molecular complexity index is 400. The van der Waals surface area contributed by atoms with Crippen LogP contribution in [0.2, 0.25) is 5.15 Å². The maximum absolute atomic E-state index is 6.11. The standard InChI is InChI=1S/C13H21ClN4/c1-4-11-12(14)15-8-16-13(11)17-18-9(2)6-5-7-10(18)3/h8-10H,4-7H2,1-3H3,(H,15,16,17). The Morgan fingerprint density at radius 2 is 2.00 bits per heavy atom. The average Bonchev–Trinajstić information content (AvgIpc) is 2.34. The van der Waals surface area contributed by atoms with E-state index in [1.54, 1.807) is 0 Å². The minimum absolute atomic E-state index is 0.521. The van der Waals surface area contributed by atoms with E-state index in [1.165, 1.54) is 25.6 Å². The van der Waals surface area contributed by atoms with Crippen LogP contribution in [0.15, 0.2) is 6.33 Å². The van der Waals surface area contributed by atoms with Gasteiger partial charge < -0.3 is 5.43 Å². The van der Waals surface area contributed by atoms with Crippen LogP contribution in [0.1, 0.15) is 45.6 Å².